The van der Waals surface area contributed by atoms with Crippen LogP contribution in [-0.4, -0.2) is 33.7 Å². The molecular weight excluding hydrogens is 334 g/mol. The summed E-state index contributed by atoms with van der Waals surface area (Å²) in [7, 11) is 0. The van der Waals surface area contributed by atoms with Gasteiger partial charge in [-0.3, -0.25) is 9.48 Å². The third-order valence-electron chi connectivity index (χ3n) is 6.83. The minimum Gasteiger partial charge on any atom is -0.341 e. The summed E-state index contributed by atoms with van der Waals surface area (Å²) in [4.78, 5) is 15.2. The minimum atomic E-state index is 0.175. The lowest BCUT2D eigenvalue weighted by atomic mass is 9.94. The summed E-state index contributed by atoms with van der Waals surface area (Å²) >= 11 is 0. The average Bonchev–Trinajstić information content (AvgIpc) is 3.49. The van der Waals surface area contributed by atoms with Crippen LogP contribution in [0.15, 0.2) is 36.7 Å². The first kappa shape index (κ1) is 17.0. The maximum absolute atomic E-state index is 13.1. The molecule has 3 aliphatic rings. The van der Waals surface area contributed by atoms with Crippen LogP contribution in [0.5, 0.6) is 0 Å². The van der Waals surface area contributed by atoms with Crippen LogP contribution >= 0.6 is 0 Å². The molecule has 2 aliphatic carbocycles. The Labute approximate surface area is 161 Å². The summed E-state index contributed by atoms with van der Waals surface area (Å²) in [5, 5.41) is 4.48. The second-order valence-corrected chi connectivity index (χ2v) is 9.48. The molecular formula is C23H29N3O. The van der Waals surface area contributed by atoms with Crippen LogP contribution in [0.3, 0.4) is 0 Å². The Hall–Kier alpha value is -2.10. The van der Waals surface area contributed by atoms with Gasteiger partial charge >= 0.3 is 0 Å². The molecule has 1 aromatic carbocycles. The first-order valence-electron chi connectivity index (χ1n) is 10.3. The molecule has 0 N–H and O–H groups in total. The molecule has 0 spiro atoms. The van der Waals surface area contributed by atoms with Crippen molar-refractivity contribution in [1.29, 1.82) is 0 Å². The Morgan fingerprint density at radius 3 is 2.81 bits per heavy atom. The van der Waals surface area contributed by atoms with E-state index >= 15 is 0 Å². The van der Waals surface area contributed by atoms with Crippen molar-refractivity contribution in [2.45, 2.75) is 51.5 Å². The van der Waals surface area contributed by atoms with E-state index in [2.05, 4.69) is 61.2 Å². The number of aryl methyl sites for hydroxylation is 1. The van der Waals surface area contributed by atoms with Gasteiger partial charge in [0.2, 0.25) is 5.91 Å². The first-order chi connectivity index (χ1) is 13.0. The van der Waals surface area contributed by atoms with Crippen LogP contribution in [0, 0.1) is 24.7 Å². The maximum Gasteiger partial charge on any atom is 0.226 e. The van der Waals surface area contributed by atoms with E-state index in [0.29, 0.717) is 23.7 Å². The number of hydrogen-bond acceptors (Lipinski definition) is 2. The van der Waals surface area contributed by atoms with Crippen molar-refractivity contribution in [3.63, 3.8) is 0 Å². The predicted molar refractivity (Wildman–Crippen MR) is 105 cm³/mol. The number of amides is 1. The molecule has 2 saturated carbocycles. The van der Waals surface area contributed by atoms with Gasteiger partial charge in [-0.05, 0) is 48.6 Å². The van der Waals surface area contributed by atoms with Crippen molar-refractivity contribution in [2.75, 3.05) is 13.1 Å². The first-order valence-corrected chi connectivity index (χ1v) is 10.3. The van der Waals surface area contributed by atoms with E-state index in [1.54, 1.807) is 0 Å². The number of benzene rings is 1. The number of piperidine rings is 1. The Bertz CT molecular complexity index is 868. The van der Waals surface area contributed by atoms with E-state index in [1.807, 2.05) is 10.9 Å². The van der Waals surface area contributed by atoms with Crippen LogP contribution < -0.4 is 0 Å². The molecule has 27 heavy (non-hydrogen) atoms. The summed E-state index contributed by atoms with van der Waals surface area (Å²) in [5.74, 6) is 2.18. The van der Waals surface area contributed by atoms with E-state index in [1.165, 1.54) is 23.1 Å². The molecule has 4 atom stereocenters. The van der Waals surface area contributed by atoms with Crippen molar-refractivity contribution >= 4 is 5.91 Å². The maximum atomic E-state index is 13.1. The van der Waals surface area contributed by atoms with Gasteiger partial charge in [0.15, 0.2) is 0 Å². The second-order valence-electron chi connectivity index (χ2n) is 9.48. The molecule has 2 unspecified atom stereocenters. The van der Waals surface area contributed by atoms with Gasteiger partial charge in [-0.1, -0.05) is 43.7 Å². The zero-order chi connectivity index (χ0) is 18.8. The molecule has 1 aromatic heterocycles. The lowest BCUT2D eigenvalue weighted by molar-refractivity contribution is -0.132. The Morgan fingerprint density at radius 1 is 1.30 bits per heavy atom. The predicted octanol–water partition coefficient (Wildman–Crippen LogP) is 3.75. The van der Waals surface area contributed by atoms with E-state index < -0.39 is 0 Å². The highest BCUT2D eigenvalue weighted by Crippen LogP contribution is 2.60. The van der Waals surface area contributed by atoms with Gasteiger partial charge in [-0.25, -0.2) is 0 Å². The molecule has 4 nitrogen and oxygen atoms in total. The molecule has 0 bridgehead atoms. The van der Waals surface area contributed by atoms with Crippen molar-refractivity contribution in [3.05, 3.63) is 53.3 Å². The van der Waals surface area contributed by atoms with Crippen molar-refractivity contribution in [3.8, 4) is 0 Å². The molecule has 5 rings (SSSR count). The van der Waals surface area contributed by atoms with Gasteiger partial charge in [-0.15, -0.1) is 0 Å². The minimum absolute atomic E-state index is 0.175. The second kappa shape index (κ2) is 5.95. The van der Waals surface area contributed by atoms with E-state index in [4.69, 9.17) is 0 Å². The highest BCUT2D eigenvalue weighted by Gasteiger charge is 2.62. The third kappa shape index (κ3) is 2.90. The third-order valence-corrected chi connectivity index (χ3v) is 6.83. The standard InChI is InChI=1S/C23H29N3O/c1-15(2)11-26-12-17(10-24-26)20-8-21(20)22(27)25-13-19-9-23(19,14-25)18-6-4-16(3)5-7-18/h4-7,10,12,15,19-21H,8-9,11,13-14H2,1-3H3/t19?,20-,21+,23?/m0/s1. The SMILES string of the molecule is Cc1ccc(C23CC2CN(C(=O)[C@@H]2C[C@H]2c2cnn(CC(C)C)c2)C3)cc1. The quantitative estimate of drug-likeness (QED) is 0.811. The number of carbonyl (C=O) groups is 1. The smallest absolute Gasteiger partial charge is 0.226 e. The van der Waals surface area contributed by atoms with Gasteiger partial charge in [0.05, 0.1) is 6.20 Å². The number of rotatable bonds is 5. The largest absolute Gasteiger partial charge is 0.341 e. The fourth-order valence-electron chi connectivity index (χ4n) is 5.10. The van der Waals surface area contributed by atoms with Gasteiger partial charge in [-0.2, -0.15) is 5.10 Å². The highest BCUT2D eigenvalue weighted by atomic mass is 16.2. The van der Waals surface area contributed by atoms with E-state index in [9.17, 15) is 4.79 Å². The molecule has 1 aliphatic heterocycles. The number of fused-ring (bicyclic) bond motifs is 1. The summed E-state index contributed by atoms with van der Waals surface area (Å²) in [6.45, 7) is 9.34. The molecule has 142 valence electrons. The van der Waals surface area contributed by atoms with Crippen LogP contribution in [-0.2, 0) is 16.8 Å². The van der Waals surface area contributed by atoms with Crippen molar-refractivity contribution < 1.29 is 4.79 Å². The summed E-state index contributed by atoms with van der Waals surface area (Å²) in [5.41, 5.74) is 4.22. The number of aromatic nitrogens is 2. The van der Waals surface area contributed by atoms with Crippen LogP contribution in [0.1, 0.15) is 49.3 Å². The lowest BCUT2D eigenvalue weighted by Gasteiger charge is -2.21. The molecule has 1 amide bonds. The average molecular weight is 364 g/mol. The van der Waals surface area contributed by atoms with Crippen LogP contribution in [0.25, 0.3) is 0 Å². The molecule has 2 heterocycles. The Morgan fingerprint density at radius 2 is 2.07 bits per heavy atom. The Balaban J connectivity index is 1.23. The van der Waals surface area contributed by atoms with Crippen LogP contribution in [0.4, 0.5) is 0 Å². The summed E-state index contributed by atoms with van der Waals surface area (Å²) in [6.07, 6.45) is 6.35. The monoisotopic (exact) mass is 363 g/mol. The molecule has 1 saturated heterocycles. The Kier molecular flexibility index (Phi) is 3.75. The fourth-order valence-corrected chi connectivity index (χ4v) is 5.10. The van der Waals surface area contributed by atoms with Gasteiger partial charge in [0, 0.05) is 37.2 Å². The molecule has 0 radical (unpaired) electrons. The normalized spacial score (nSPS) is 31.3. The number of carbonyl (C=O) groups excluding carboxylic acids is 1. The molecule has 3 fully saturated rings. The topological polar surface area (TPSA) is 38.1 Å². The number of likely N-dealkylation sites (tertiary alicyclic amines) is 1. The molecule has 4 heteroatoms. The molecule has 2 aromatic rings. The number of hydrogen-bond donors (Lipinski definition) is 0. The zero-order valence-corrected chi connectivity index (χ0v) is 16.6. The van der Waals surface area contributed by atoms with Gasteiger partial charge < -0.3 is 4.90 Å². The number of nitrogens with zero attached hydrogens (tertiary/aromatic N) is 3. The fraction of sp³-hybridized carbons (Fsp3) is 0.565. The summed E-state index contributed by atoms with van der Waals surface area (Å²) < 4.78 is 2.03. The van der Waals surface area contributed by atoms with Crippen molar-refractivity contribution in [1.82, 2.24) is 14.7 Å². The highest BCUT2D eigenvalue weighted by molar-refractivity contribution is 5.84. The van der Waals surface area contributed by atoms with E-state index in [-0.39, 0.29) is 11.3 Å². The van der Waals surface area contributed by atoms with Crippen LogP contribution in [0.2, 0.25) is 0 Å². The lowest BCUT2D eigenvalue weighted by Crippen LogP contribution is -2.34. The van der Waals surface area contributed by atoms with Gasteiger partial charge in [0.1, 0.15) is 0 Å². The van der Waals surface area contributed by atoms with E-state index in [0.717, 1.165) is 26.1 Å². The zero-order valence-electron chi connectivity index (χ0n) is 16.6. The van der Waals surface area contributed by atoms with Gasteiger partial charge in [0.25, 0.3) is 0 Å². The van der Waals surface area contributed by atoms with Crippen molar-refractivity contribution in [2.24, 2.45) is 17.8 Å². The summed E-state index contributed by atoms with van der Waals surface area (Å²) in [6, 6.07) is 8.95.